The SMILES string of the molecule is CCN(CC)S(=O)(=O)N1CCN(C(=O)C2=Cc3ccccc3OC2)CC1. The third kappa shape index (κ3) is 3.62. The number of carbonyl (C=O) groups is 1. The molecule has 8 heteroatoms. The molecule has 7 nitrogen and oxygen atoms in total. The maximum Gasteiger partial charge on any atom is 0.282 e. The number of nitrogens with zero attached hydrogens (tertiary/aromatic N) is 3. The number of rotatable bonds is 5. The van der Waals surface area contributed by atoms with Crippen molar-refractivity contribution >= 4 is 22.2 Å². The van der Waals surface area contributed by atoms with Crippen molar-refractivity contribution in [2.75, 3.05) is 45.9 Å². The molecule has 26 heavy (non-hydrogen) atoms. The van der Waals surface area contributed by atoms with Gasteiger partial charge in [0, 0.05) is 44.8 Å². The Labute approximate surface area is 155 Å². The summed E-state index contributed by atoms with van der Waals surface area (Å²) in [5.41, 5.74) is 1.49. The first-order valence-electron chi connectivity index (χ1n) is 8.94. The first-order valence-corrected chi connectivity index (χ1v) is 10.3. The molecule has 0 saturated carbocycles. The lowest BCUT2D eigenvalue weighted by Gasteiger charge is -2.36. The molecule has 3 rings (SSSR count). The summed E-state index contributed by atoms with van der Waals surface area (Å²) in [7, 11) is -3.45. The standard InChI is InChI=1S/C18H25N3O4S/c1-3-20(4-2)26(23,24)21-11-9-19(10-12-21)18(22)16-13-15-7-5-6-8-17(15)25-14-16/h5-8,13H,3-4,9-12,14H2,1-2H3. The van der Waals surface area contributed by atoms with Gasteiger partial charge in [-0.3, -0.25) is 4.79 Å². The fourth-order valence-electron chi connectivity index (χ4n) is 3.28. The summed E-state index contributed by atoms with van der Waals surface area (Å²) < 4.78 is 33.7. The highest BCUT2D eigenvalue weighted by Crippen LogP contribution is 2.26. The van der Waals surface area contributed by atoms with Crippen LogP contribution in [0.1, 0.15) is 19.4 Å². The smallest absolute Gasteiger partial charge is 0.282 e. The molecular weight excluding hydrogens is 354 g/mol. The molecule has 0 aromatic heterocycles. The molecule has 0 atom stereocenters. The van der Waals surface area contributed by atoms with Gasteiger partial charge in [0.05, 0.1) is 5.57 Å². The van der Waals surface area contributed by atoms with Crippen molar-refractivity contribution in [2.45, 2.75) is 13.8 Å². The molecule has 2 heterocycles. The highest BCUT2D eigenvalue weighted by molar-refractivity contribution is 7.86. The Morgan fingerprint density at radius 3 is 2.42 bits per heavy atom. The highest BCUT2D eigenvalue weighted by atomic mass is 32.2. The number of benzene rings is 1. The first kappa shape index (κ1) is 18.9. The minimum atomic E-state index is -3.45. The van der Waals surface area contributed by atoms with Crippen LogP contribution in [0.15, 0.2) is 29.8 Å². The number of piperazine rings is 1. The van der Waals surface area contributed by atoms with Crippen LogP contribution in [0.3, 0.4) is 0 Å². The van der Waals surface area contributed by atoms with Gasteiger partial charge in [-0.1, -0.05) is 32.0 Å². The zero-order chi connectivity index (χ0) is 18.7. The molecule has 2 aliphatic heterocycles. The third-order valence-electron chi connectivity index (χ3n) is 4.79. The molecule has 0 spiro atoms. The first-order chi connectivity index (χ1) is 12.5. The van der Waals surface area contributed by atoms with Gasteiger partial charge in [0.25, 0.3) is 16.1 Å². The van der Waals surface area contributed by atoms with Crippen molar-refractivity contribution in [3.8, 4) is 5.75 Å². The zero-order valence-electron chi connectivity index (χ0n) is 15.2. The van der Waals surface area contributed by atoms with Gasteiger partial charge in [0.2, 0.25) is 0 Å². The van der Waals surface area contributed by atoms with Gasteiger partial charge in [-0.2, -0.15) is 17.0 Å². The van der Waals surface area contributed by atoms with E-state index in [1.54, 1.807) is 4.90 Å². The van der Waals surface area contributed by atoms with Gasteiger partial charge in [0.1, 0.15) is 12.4 Å². The van der Waals surface area contributed by atoms with Crippen LogP contribution in [0, 0.1) is 0 Å². The zero-order valence-corrected chi connectivity index (χ0v) is 16.0. The van der Waals surface area contributed by atoms with Crippen molar-refractivity contribution in [1.29, 1.82) is 0 Å². The van der Waals surface area contributed by atoms with Crippen molar-refractivity contribution < 1.29 is 17.9 Å². The van der Waals surface area contributed by atoms with Crippen LogP contribution >= 0.6 is 0 Å². The molecule has 0 N–H and O–H groups in total. The van der Waals surface area contributed by atoms with Crippen molar-refractivity contribution in [1.82, 2.24) is 13.5 Å². The van der Waals surface area contributed by atoms with E-state index < -0.39 is 10.2 Å². The minimum Gasteiger partial charge on any atom is -0.488 e. The molecule has 1 aromatic rings. The van der Waals surface area contributed by atoms with E-state index in [9.17, 15) is 13.2 Å². The average Bonchev–Trinajstić information content (AvgIpc) is 2.68. The van der Waals surface area contributed by atoms with Crippen molar-refractivity contribution in [3.05, 3.63) is 35.4 Å². The summed E-state index contributed by atoms with van der Waals surface area (Å²) in [6, 6.07) is 7.60. The fourth-order valence-corrected chi connectivity index (χ4v) is 4.88. The third-order valence-corrected chi connectivity index (χ3v) is 6.98. The summed E-state index contributed by atoms with van der Waals surface area (Å²) in [4.78, 5) is 14.5. The molecule has 1 saturated heterocycles. The number of fused-ring (bicyclic) bond motifs is 1. The van der Waals surface area contributed by atoms with Crippen molar-refractivity contribution in [2.24, 2.45) is 0 Å². The molecule has 1 amide bonds. The van der Waals surface area contributed by atoms with Crippen LogP contribution in [0.25, 0.3) is 6.08 Å². The Bertz CT molecular complexity index is 794. The van der Waals surface area contributed by atoms with Crippen molar-refractivity contribution in [3.63, 3.8) is 0 Å². The number of para-hydroxylation sites is 1. The van der Waals surface area contributed by atoms with Gasteiger partial charge in [-0.05, 0) is 12.1 Å². The number of ether oxygens (including phenoxy) is 1. The van der Waals surface area contributed by atoms with Gasteiger partial charge in [-0.15, -0.1) is 0 Å². The number of amides is 1. The summed E-state index contributed by atoms with van der Waals surface area (Å²) >= 11 is 0. The molecule has 0 unspecified atom stereocenters. The summed E-state index contributed by atoms with van der Waals surface area (Å²) in [5, 5.41) is 0. The quantitative estimate of drug-likeness (QED) is 0.771. The van der Waals surface area contributed by atoms with Crippen LogP contribution in [-0.4, -0.2) is 73.7 Å². The van der Waals surface area contributed by atoms with Crippen LogP contribution in [0.4, 0.5) is 0 Å². The van der Waals surface area contributed by atoms with E-state index in [1.165, 1.54) is 8.61 Å². The van der Waals surface area contributed by atoms with E-state index in [0.29, 0.717) is 44.8 Å². The second kappa shape index (κ2) is 7.77. The van der Waals surface area contributed by atoms with E-state index in [4.69, 9.17) is 4.74 Å². The Morgan fingerprint density at radius 1 is 1.12 bits per heavy atom. The molecule has 2 aliphatic rings. The van der Waals surface area contributed by atoms with Crippen LogP contribution < -0.4 is 4.74 Å². The lowest BCUT2D eigenvalue weighted by atomic mass is 10.1. The van der Waals surface area contributed by atoms with E-state index >= 15 is 0 Å². The predicted molar refractivity (Wildman–Crippen MR) is 99.9 cm³/mol. The average molecular weight is 379 g/mol. The molecule has 0 radical (unpaired) electrons. The van der Waals surface area contributed by atoms with Gasteiger partial charge < -0.3 is 9.64 Å². The summed E-state index contributed by atoms with van der Waals surface area (Å²) in [6.45, 7) is 6.20. The Morgan fingerprint density at radius 2 is 1.77 bits per heavy atom. The predicted octanol–water partition coefficient (Wildman–Crippen LogP) is 1.19. The topological polar surface area (TPSA) is 70.2 Å². The molecule has 0 bridgehead atoms. The molecule has 1 fully saturated rings. The normalized spacial score (nSPS) is 18.3. The molecular formula is C18H25N3O4S. The lowest BCUT2D eigenvalue weighted by molar-refractivity contribution is -0.128. The highest BCUT2D eigenvalue weighted by Gasteiger charge is 2.33. The minimum absolute atomic E-state index is 0.0839. The molecule has 0 aliphatic carbocycles. The number of hydrogen-bond donors (Lipinski definition) is 0. The largest absolute Gasteiger partial charge is 0.488 e. The molecule has 1 aromatic carbocycles. The van der Waals surface area contributed by atoms with E-state index in [2.05, 4.69) is 0 Å². The fraction of sp³-hybridized carbons (Fsp3) is 0.500. The molecule has 142 valence electrons. The monoisotopic (exact) mass is 379 g/mol. The van der Waals surface area contributed by atoms with E-state index in [-0.39, 0.29) is 12.5 Å². The Balaban J connectivity index is 1.66. The van der Waals surface area contributed by atoms with Gasteiger partial charge in [0.15, 0.2) is 0 Å². The second-order valence-corrected chi connectivity index (χ2v) is 8.21. The Kier molecular flexibility index (Phi) is 5.64. The Hall–Kier alpha value is -1.90. The number of carbonyl (C=O) groups excluding carboxylic acids is 1. The van der Waals surface area contributed by atoms with Crippen LogP contribution in [-0.2, 0) is 15.0 Å². The van der Waals surface area contributed by atoms with Gasteiger partial charge >= 0.3 is 0 Å². The van der Waals surface area contributed by atoms with Gasteiger partial charge in [-0.25, -0.2) is 0 Å². The van der Waals surface area contributed by atoms with E-state index in [1.807, 2.05) is 44.2 Å². The van der Waals surface area contributed by atoms with Crippen LogP contribution in [0.2, 0.25) is 0 Å². The van der Waals surface area contributed by atoms with E-state index in [0.717, 1.165) is 11.3 Å². The summed E-state index contributed by atoms with van der Waals surface area (Å²) in [5.74, 6) is 0.693. The summed E-state index contributed by atoms with van der Waals surface area (Å²) in [6.07, 6.45) is 1.86. The van der Waals surface area contributed by atoms with Crippen LogP contribution in [0.5, 0.6) is 5.75 Å². The maximum absolute atomic E-state index is 12.8. The second-order valence-electron chi connectivity index (χ2n) is 6.28. The number of hydrogen-bond acceptors (Lipinski definition) is 4. The lowest BCUT2D eigenvalue weighted by Crippen LogP contribution is -2.54. The maximum atomic E-state index is 12.8.